The van der Waals surface area contributed by atoms with Crippen molar-refractivity contribution in [1.29, 1.82) is 0 Å². The van der Waals surface area contributed by atoms with Crippen LogP contribution in [0.2, 0.25) is 0 Å². The molecule has 0 spiro atoms. The maximum atomic E-state index is 9.09. The zero-order chi connectivity index (χ0) is 18.5. The van der Waals surface area contributed by atoms with Gasteiger partial charge in [-0.1, -0.05) is 26.0 Å². The molecule has 26 heavy (non-hydrogen) atoms. The fourth-order valence-electron chi connectivity index (χ4n) is 3.05. The first-order chi connectivity index (χ1) is 12.6. The summed E-state index contributed by atoms with van der Waals surface area (Å²) in [5.74, 6) is 2.79. The average molecular weight is 357 g/mol. The van der Waals surface area contributed by atoms with Crippen LogP contribution in [-0.4, -0.2) is 59.3 Å². The molecule has 140 valence electrons. The van der Waals surface area contributed by atoms with Crippen molar-refractivity contribution in [1.82, 2.24) is 14.9 Å². The molecule has 0 amide bonds. The van der Waals surface area contributed by atoms with Crippen LogP contribution in [0.25, 0.3) is 0 Å². The van der Waals surface area contributed by atoms with E-state index >= 15 is 0 Å². The summed E-state index contributed by atoms with van der Waals surface area (Å²) in [4.78, 5) is 12.9. The summed E-state index contributed by atoms with van der Waals surface area (Å²) in [5, 5.41) is 9.09. The lowest BCUT2D eigenvalue weighted by molar-refractivity contribution is 0.188. The Morgan fingerprint density at radius 2 is 1.85 bits per heavy atom. The van der Waals surface area contributed by atoms with E-state index < -0.39 is 0 Å². The summed E-state index contributed by atoms with van der Waals surface area (Å²) < 4.78 is 6.05. The number of benzene rings is 1. The van der Waals surface area contributed by atoms with E-state index in [1.54, 1.807) is 6.20 Å². The van der Waals surface area contributed by atoms with Gasteiger partial charge in [-0.2, -0.15) is 4.98 Å². The summed E-state index contributed by atoms with van der Waals surface area (Å²) in [5.41, 5.74) is 7.08. The summed E-state index contributed by atoms with van der Waals surface area (Å²) in [6.45, 7) is 8.56. The quantitative estimate of drug-likeness (QED) is 0.818. The van der Waals surface area contributed by atoms with Crippen molar-refractivity contribution < 1.29 is 9.84 Å². The molecule has 0 atom stereocenters. The number of anilines is 2. The average Bonchev–Trinajstić information content (AvgIpc) is 2.64. The van der Waals surface area contributed by atoms with E-state index in [2.05, 4.69) is 45.7 Å². The fourth-order valence-corrected chi connectivity index (χ4v) is 3.05. The number of rotatable bonds is 6. The number of nitrogen functional groups attached to an aromatic ring is 1. The van der Waals surface area contributed by atoms with E-state index in [1.165, 1.54) is 5.56 Å². The Morgan fingerprint density at radius 1 is 1.15 bits per heavy atom. The summed E-state index contributed by atoms with van der Waals surface area (Å²) in [6.07, 6.45) is 1.63. The molecule has 1 aliphatic rings. The molecule has 7 nitrogen and oxygen atoms in total. The zero-order valence-corrected chi connectivity index (χ0v) is 15.4. The molecule has 0 saturated carbocycles. The van der Waals surface area contributed by atoms with Crippen molar-refractivity contribution in [3.8, 4) is 11.5 Å². The molecule has 0 radical (unpaired) electrons. The number of piperazine rings is 1. The van der Waals surface area contributed by atoms with Crippen LogP contribution >= 0.6 is 0 Å². The predicted octanol–water partition coefficient (Wildman–Crippen LogP) is 2.09. The van der Waals surface area contributed by atoms with Crippen molar-refractivity contribution in [3.05, 3.63) is 36.0 Å². The number of hydrogen-bond acceptors (Lipinski definition) is 7. The second-order valence-corrected chi connectivity index (χ2v) is 6.79. The first-order valence-electron chi connectivity index (χ1n) is 9.05. The van der Waals surface area contributed by atoms with Crippen molar-refractivity contribution in [2.24, 2.45) is 0 Å². The van der Waals surface area contributed by atoms with Crippen molar-refractivity contribution >= 4 is 11.8 Å². The first-order valence-corrected chi connectivity index (χ1v) is 9.05. The molecule has 1 aromatic heterocycles. The highest BCUT2D eigenvalue weighted by atomic mass is 16.5. The monoisotopic (exact) mass is 357 g/mol. The lowest BCUT2D eigenvalue weighted by Crippen LogP contribution is -2.47. The third kappa shape index (κ3) is 4.42. The van der Waals surface area contributed by atoms with Gasteiger partial charge in [0.25, 0.3) is 0 Å². The normalized spacial score (nSPS) is 15.5. The Bertz CT molecular complexity index is 712. The highest BCUT2D eigenvalue weighted by molar-refractivity contribution is 5.55. The second kappa shape index (κ2) is 8.33. The highest BCUT2D eigenvalue weighted by Crippen LogP contribution is 2.31. The Labute approximate surface area is 154 Å². The maximum Gasteiger partial charge on any atom is 0.222 e. The van der Waals surface area contributed by atoms with Gasteiger partial charge in [0.2, 0.25) is 5.95 Å². The van der Waals surface area contributed by atoms with Gasteiger partial charge in [-0.15, -0.1) is 0 Å². The van der Waals surface area contributed by atoms with E-state index in [0.29, 0.717) is 24.0 Å². The van der Waals surface area contributed by atoms with Crippen molar-refractivity contribution in [2.75, 3.05) is 50.0 Å². The van der Waals surface area contributed by atoms with Gasteiger partial charge in [-0.3, -0.25) is 4.90 Å². The summed E-state index contributed by atoms with van der Waals surface area (Å²) in [7, 11) is 0. The van der Waals surface area contributed by atoms with E-state index in [-0.39, 0.29) is 12.6 Å². The molecule has 2 heterocycles. The van der Waals surface area contributed by atoms with Gasteiger partial charge >= 0.3 is 0 Å². The predicted molar refractivity (Wildman–Crippen MR) is 103 cm³/mol. The van der Waals surface area contributed by atoms with Gasteiger partial charge in [-0.05, 0) is 23.6 Å². The van der Waals surface area contributed by atoms with E-state index in [9.17, 15) is 0 Å². The highest BCUT2D eigenvalue weighted by Gasteiger charge is 2.21. The van der Waals surface area contributed by atoms with Gasteiger partial charge in [0.1, 0.15) is 5.75 Å². The number of aliphatic hydroxyl groups excluding tert-OH is 1. The van der Waals surface area contributed by atoms with E-state index in [1.807, 2.05) is 12.1 Å². The van der Waals surface area contributed by atoms with Crippen LogP contribution in [0.3, 0.4) is 0 Å². The molecule has 0 bridgehead atoms. The molecule has 3 rings (SSSR count). The Hall–Kier alpha value is -2.38. The van der Waals surface area contributed by atoms with Crippen LogP contribution < -0.4 is 15.4 Å². The maximum absolute atomic E-state index is 9.09. The van der Waals surface area contributed by atoms with Crippen LogP contribution in [0, 0.1) is 0 Å². The Morgan fingerprint density at radius 3 is 2.46 bits per heavy atom. The topological polar surface area (TPSA) is 87.7 Å². The van der Waals surface area contributed by atoms with Crippen molar-refractivity contribution in [3.63, 3.8) is 0 Å². The first kappa shape index (κ1) is 18.4. The minimum atomic E-state index is 0.182. The molecule has 1 aromatic carbocycles. The third-order valence-corrected chi connectivity index (χ3v) is 4.62. The summed E-state index contributed by atoms with van der Waals surface area (Å²) in [6, 6.07) is 8.08. The SMILES string of the molecule is CC(C)c1ccc(Oc2cnc(N)nc2N2CCN(CCO)CC2)cc1. The molecule has 1 saturated heterocycles. The number of aromatic nitrogens is 2. The Balaban J connectivity index is 1.76. The standard InChI is InChI=1S/C19H27N5O2/c1-14(2)15-3-5-16(6-4-15)26-17-13-21-19(20)22-18(17)24-9-7-23(8-10-24)11-12-25/h3-6,13-14,25H,7-12H2,1-2H3,(H2,20,21,22). The van der Waals surface area contributed by atoms with Crippen molar-refractivity contribution in [2.45, 2.75) is 19.8 Å². The number of β-amino-alcohol motifs (C(OH)–C–C–N with tert-alkyl or cyclic N) is 1. The lowest BCUT2D eigenvalue weighted by atomic mass is 10.0. The van der Waals surface area contributed by atoms with E-state index in [4.69, 9.17) is 15.6 Å². The van der Waals surface area contributed by atoms with Crippen LogP contribution in [0.1, 0.15) is 25.3 Å². The zero-order valence-electron chi connectivity index (χ0n) is 15.4. The number of nitrogens with zero attached hydrogens (tertiary/aromatic N) is 4. The smallest absolute Gasteiger partial charge is 0.222 e. The molecule has 1 aliphatic heterocycles. The number of ether oxygens (including phenoxy) is 1. The molecule has 0 unspecified atom stereocenters. The minimum Gasteiger partial charge on any atom is -0.452 e. The fraction of sp³-hybridized carbons (Fsp3) is 0.474. The third-order valence-electron chi connectivity index (χ3n) is 4.62. The molecule has 0 aliphatic carbocycles. The Kier molecular flexibility index (Phi) is 5.90. The molecular formula is C19H27N5O2. The van der Waals surface area contributed by atoms with Gasteiger partial charge in [0.05, 0.1) is 12.8 Å². The largest absolute Gasteiger partial charge is 0.452 e. The van der Waals surface area contributed by atoms with Crippen LogP contribution in [-0.2, 0) is 0 Å². The van der Waals surface area contributed by atoms with E-state index in [0.717, 1.165) is 31.9 Å². The van der Waals surface area contributed by atoms with Crippen LogP contribution in [0.5, 0.6) is 11.5 Å². The summed E-state index contributed by atoms with van der Waals surface area (Å²) >= 11 is 0. The van der Waals surface area contributed by atoms with Gasteiger partial charge in [-0.25, -0.2) is 4.98 Å². The number of hydrogen-bond donors (Lipinski definition) is 2. The minimum absolute atomic E-state index is 0.182. The molecular weight excluding hydrogens is 330 g/mol. The van der Waals surface area contributed by atoms with Crippen LogP contribution in [0.4, 0.5) is 11.8 Å². The number of aliphatic hydroxyl groups is 1. The van der Waals surface area contributed by atoms with Gasteiger partial charge in [0.15, 0.2) is 11.6 Å². The molecule has 3 N–H and O–H groups in total. The molecule has 1 fully saturated rings. The molecule has 2 aromatic rings. The lowest BCUT2D eigenvalue weighted by Gasteiger charge is -2.35. The van der Waals surface area contributed by atoms with Gasteiger partial charge in [0, 0.05) is 32.7 Å². The number of nitrogens with two attached hydrogens (primary N) is 1. The van der Waals surface area contributed by atoms with Crippen LogP contribution in [0.15, 0.2) is 30.5 Å². The second-order valence-electron chi connectivity index (χ2n) is 6.79. The van der Waals surface area contributed by atoms with Gasteiger partial charge < -0.3 is 20.5 Å². The molecule has 7 heteroatoms.